The molecule has 8 nitrogen and oxygen atoms in total. The zero-order valence-electron chi connectivity index (χ0n) is 15.4. The number of piperidine rings is 1. The number of carbonyl (C=O) groups is 2. The number of imide groups is 1. The Balaban J connectivity index is 1.68. The van der Waals surface area contributed by atoms with Crippen molar-refractivity contribution < 1.29 is 14.3 Å². The minimum atomic E-state index is -0.653. The normalized spacial score (nSPS) is 23.6. The first kappa shape index (κ1) is 17.9. The van der Waals surface area contributed by atoms with Crippen molar-refractivity contribution in [2.75, 3.05) is 19.7 Å². The van der Waals surface area contributed by atoms with Gasteiger partial charge in [-0.15, -0.1) is 0 Å². The number of nitrogens with one attached hydrogen (secondary N) is 2. The molecule has 0 aliphatic carbocycles. The monoisotopic (exact) mass is 372 g/mol. The molecule has 2 saturated heterocycles. The summed E-state index contributed by atoms with van der Waals surface area (Å²) in [7, 11) is 1.73. The van der Waals surface area contributed by atoms with E-state index >= 15 is 0 Å². The van der Waals surface area contributed by atoms with Crippen LogP contribution in [0.4, 0.5) is 0 Å². The van der Waals surface area contributed by atoms with E-state index in [9.17, 15) is 14.4 Å². The van der Waals surface area contributed by atoms with Crippen molar-refractivity contribution in [1.29, 1.82) is 0 Å². The van der Waals surface area contributed by atoms with Crippen molar-refractivity contribution in [3.05, 3.63) is 34.2 Å². The van der Waals surface area contributed by atoms with E-state index in [2.05, 4.69) is 10.6 Å². The van der Waals surface area contributed by atoms with Gasteiger partial charge in [0.2, 0.25) is 11.8 Å². The number of carbonyl (C=O) groups excluding carboxylic acids is 2. The van der Waals surface area contributed by atoms with Crippen LogP contribution in [0.2, 0.25) is 0 Å². The third-order valence-electron chi connectivity index (χ3n) is 5.45. The van der Waals surface area contributed by atoms with Gasteiger partial charge in [-0.3, -0.25) is 24.0 Å². The van der Waals surface area contributed by atoms with E-state index in [1.54, 1.807) is 11.6 Å². The van der Waals surface area contributed by atoms with Crippen LogP contribution in [0.1, 0.15) is 30.9 Å². The first-order valence-corrected chi connectivity index (χ1v) is 9.41. The fourth-order valence-corrected chi connectivity index (χ4v) is 4.07. The van der Waals surface area contributed by atoms with Crippen LogP contribution in [0.15, 0.2) is 23.0 Å². The number of morpholine rings is 1. The molecule has 8 heteroatoms. The van der Waals surface area contributed by atoms with Crippen molar-refractivity contribution >= 4 is 22.8 Å². The van der Waals surface area contributed by atoms with Crippen molar-refractivity contribution in [1.82, 2.24) is 19.8 Å². The summed E-state index contributed by atoms with van der Waals surface area (Å²) in [5, 5.41) is 5.67. The lowest BCUT2D eigenvalue weighted by atomic mass is 10.0. The second-order valence-electron chi connectivity index (χ2n) is 7.20. The van der Waals surface area contributed by atoms with Crippen molar-refractivity contribution in [2.24, 2.45) is 7.05 Å². The fourth-order valence-electron chi connectivity index (χ4n) is 4.07. The molecule has 2 aliphatic rings. The molecule has 1 unspecified atom stereocenters. The molecule has 3 heterocycles. The summed E-state index contributed by atoms with van der Waals surface area (Å²) < 4.78 is 8.90. The lowest BCUT2D eigenvalue weighted by Crippen LogP contribution is -2.44. The van der Waals surface area contributed by atoms with E-state index in [1.807, 2.05) is 18.2 Å². The summed E-state index contributed by atoms with van der Waals surface area (Å²) in [6.07, 6.45) is 2.41. The molecule has 1 aromatic carbocycles. The highest BCUT2D eigenvalue weighted by molar-refractivity contribution is 6.00. The highest BCUT2D eigenvalue weighted by atomic mass is 16.5. The number of nitrogens with zero attached hydrogens (tertiary/aromatic N) is 2. The molecule has 27 heavy (non-hydrogen) atoms. The second-order valence-corrected chi connectivity index (χ2v) is 7.20. The molecule has 2 aliphatic heterocycles. The largest absolute Gasteiger partial charge is 0.376 e. The molecule has 2 fully saturated rings. The minimum Gasteiger partial charge on any atom is -0.376 e. The smallest absolute Gasteiger partial charge is 0.329 e. The number of para-hydroxylation sites is 1. The Morgan fingerprint density at radius 3 is 2.85 bits per heavy atom. The van der Waals surface area contributed by atoms with Crippen LogP contribution in [0, 0.1) is 0 Å². The van der Waals surface area contributed by atoms with E-state index in [0.29, 0.717) is 6.42 Å². The van der Waals surface area contributed by atoms with Crippen LogP contribution in [0.25, 0.3) is 11.0 Å². The average molecular weight is 372 g/mol. The van der Waals surface area contributed by atoms with E-state index in [4.69, 9.17) is 4.74 Å². The topological polar surface area (TPSA) is 94.4 Å². The van der Waals surface area contributed by atoms with Crippen LogP contribution in [-0.4, -0.2) is 46.7 Å². The molecule has 1 aromatic heterocycles. The third kappa shape index (κ3) is 3.30. The molecular weight excluding hydrogens is 348 g/mol. The van der Waals surface area contributed by atoms with Gasteiger partial charge in [0.15, 0.2) is 0 Å². The summed E-state index contributed by atoms with van der Waals surface area (Å²) in [5.41, 5.74) is 2.41. The lowest BCUT2D eigenvalue weighted by molar-refractivity contribution is -0.135. The zero-order chi connectivity index (χ0) is 19.0. The molecule has 0 spiro atoms. The Hall–Kier alpha value is -2.45. The first-order valence-electron chi connectivity index (χ1n) is 9.41. The molecule has 2 aromatic rings. The number of benzene rings is 1. The maximum Gasteiger partial charge on any atom is 0.329 e. The van der Waals surface area contributed by atoms with E-state index in [1.165, 1.54) is 4.57 Å². The quantitative estimate of drug-likeness (QED) is 0.750. The van der Waals surface area contributed by atoms with Gasteiger partial charge in [-0.2, -0.15) is 0 Å². The summed E-state index contributed by atoms with van der Waals surface area (Å²) in [4.78, 5) is 36.7. The number of ether oxygens (including phenoxy) is 1. The number of amides is 2. The molecule has 2 atom stereocenters. The van der Waals surface area contributed by atoms with Crippen LogP contribution in [0.5, 0.6) is 0 Å². The van der Waals surface area contributed by atoms with Gasteiger partial charge in [-0.05, 0) is 30.9 Å². The molecule has 0 bridgehead atoms. The van der Waals surface area contributed by atoms with Gasteiger partial charge in [0, 0.05) is 26.6 Å². The maximum atomic E-state index is 12.9. The summed E-state index contributed by atoms with van der Waals surface area (Å²) in [6.45, 7) is 2.45. The van der Waals surface area contributed by atoms with Crippen LogP contribution < -0.4 is 16.3 Å². The molecule has 0 radical (unpaired) electrons. The predicted octanol–water partition coefficient (Wildman–Crippen LogP) is 0.239. The number of hydrogen-bond donors (Lipinski definition) is 2. The predicted molar refractivity (Wildman–Crippen MR) is 99.5 cm³/mol. The molecular formula is C19H24N4O4. The number of imidazole rings is 1. The Bertz CT molecular complexity index is 939. The van der Waals surface area contributed by atoms with Gasteiger partial charge in [-0.1, -0.05) is 12.1 Å². The van der Waals surface area contributed by atoms with E-state index < -0.39 is 11.9 Å². The Morgan fingerprint density at radius 2 is 2.11 bits per heavy atom. The second kappa shape index (κ2) is 7.28. The zero-order valence-corrected chi connectivity index (χ0v) is 15.4. The maximum absolute atomic E-state index is 12.9. The Morgan fingerprint density at radius 1 is 1.26 bits per heavy atom. The summed E-state index contributed by atoms with van der Waals surface area (Å²) >= 11 is 0. The SMILES string of the molecule is Cn1c(=O)n(C2CCC(=O)NC2=O)c2cccc(CC[C@@H]3CNCCO3)c21. The number of hydrogen-bond acceptors (Lipinski definition) is 5. The number of rotatable bonds is 4. The van der Waals surface area contributed by atoms with Gasteiger partial charge >= 0.3 is 5.69 Å². The van der Waals surface area contributed by atoms with Crippen molar-refractivity contribution in [3.63, 3.8) is 0 Å². The Kier molecular flexibility index (Phi) is 4.84. The number of aromatic nitrogens is 2. The number of aryl methyl sites for hydroxylation is 2. The summed E-state index contributed by atoms with van der Waals surface area (Å²) in [5.74, 6) is -0.695. The minimum absolute atomic E-state index is 0.170. The van der Waals surface area contributed by atoms with Gasteiger partial charge in [0.1, 0.15) is 6.04 Å². The number of fused-ring (bicyclic) bond motifs is 1. The van der Waals surface area contributed by atoms with Gasteiger partial charge in [0.05, 0.1) is 23.7 Å². The Labute approximate surface area is 156 Å². The van der Waals surface area contributed by atoms with Gasteiger partial charge < -0.3 is 10.1 Å². The van der Waals surface area contributed by atoms with Crippen LogP contribution in [0.3, 0.4) is 0 Å². The van der Waals surface area contributed by atoms with E-state index in [-0.39, 0.29) is 24.1 Å². The van der Waals surface area contributed by atoms with Gasteiger partial charge in [0.25, 0.3) is 0 Å². The summed E-state index contributed by atoms with van der Waals surface area (Å²) in [6, 6.07) is 5.15. The third-order valence-corrected chi connectivity index (χ3v) is 5.45. The standard InChI is InChI=1S/C19H24N4O4/c1-22-17-12(5-6-13-11-20-9-10-27-13)3-2-4-14(17)23(19(22)26)15-7-8-16(24)21-18(15)25/h2-4,13,15,20H,5-11H2,1H3,(H,21,24,25)/t13-,15?/m1/s1. The fraction of sp³-hybridized carbons (Fsp3) is 0.526. The van der Waals surface area contributed by atoms with E-state index in [0.717, 1.165) is 49.1 Å². The average Bonchev–Trinajstić information content (AvgIpc) is 2.93. The molecule has 144 valence electrons. The lowest BCUT2D eigenvalue weighted by Gasteiger charge is -2.23. The van der Waals surface area contributed by atoms with Gasteiger partial charge in [-0.25, -0.2) is 4.79 Å². The molecule has 0 saturated carbocycles. The van der Waals surface area contributed by atoms with Crippen molar-refractivity contribution in [2.45, 2.75) is 37.8 Å². The van der Waals surface area contributed by atoms with Crippen LogP contribution in [-0.2, 0) is 27.8 Å². The molecule has 2 amide bonds. The molecule has 4 rings (SSSR count). The highest BCUT2D eigenvalue weighted by Crippen LogP contribution is 2.26. The highest BCUT2D eigenvalue weighted by Gasteiger charge is 2.31. The first-order chi connectivity index (χ1) is 13.1. The van der Waals surface area contributed by atoms with Crippen molar-refractivity contribution in [3.8, 4) is 0 Å². The van der Waals surface area contributed by atoms with Crippen LogP contribution >= 0.6 is 0 Å². The molecule has 2 N–H and O–H groups in total.